The molecule has 0 unspecified atom stereocenters. The van der Waals surface area contributed by atoms with E-state index in [2.05, 4.69) is 20.8 Å². The van der Waals surface area contributed by atoms with Crippen molar-refractivity contribution in [2.75, 3.05) is 10.6 Å². The molecule has 10 heteroatoms. The zero-order valence-electron chi connectivity index (χ0n) is 17.9. The Morgan fingerprint density at radius 2 is 1.76 bits per heavy atom. The summed E-state index contributed by atoms with van der Waals surface area (Å²) in [6, 6.07) is 10.6. The first-order valence-corrected chi connectivity index (χ1v) is 10.9. The third-order valence-corrected chi connectivity index (χ3v) is 5.66. The monoisotopic (exact) mass is 486 g/mol. The van der Waals surface area contributed by atoms with Gasteiger partial charge in [0, 0.05) is 11.2 Å². The van der Waals surface area contributed by atoms with Crippen molar-refractivity contribution in [2.24, 2.45) is 0 Å². The van der Waals surface area contributed by atoms with Crippen LogP contribution in [0, 0.1) is 25.5 Å². The van der Waals surface area contributed by atoms with Crippen LogP contribution in [0.4, 0.5) is 20.2 Å². The Labute approximate surface area is 200 Å². The second-order valence-corrected chi connectivity index (χ2v) is 8.39. The van der Waals surface area contributed by atoms with Gasteiger partial charge < -0.3 is 10.6 Å². The largest absolute Gasteiger partial charge is 0.330 e. The number of nitrogens with one attached hydrogen (secondary N) is 2. The molecule has 0 aliphatic carbocycles. The zero-order valence-corrected chi connectivity index (χ0v) is 19.5. The number of aromatic nitrogens is 4. The summed E-state index contributed by atoms with van der Waals surface area (Å²) in [5.74, 6) is -0.649. The molecule has 2 heterocycles. The topological polar surface area (TPSA) is 59.7 Å². The lowest BCUT2D eigenvalue weighted by Gasteiger charge is -2.10. The van der Waals surface area contributed by atoms with E-state index in [0.29, 0.717) is 28.9 Å². The quantitative estimate of drug-likeness (QED) is 0.351. The molecule has 0 bridgehead atoms. The summed E-state index contributed by atoms with van der Waals surface area (Å²) >= 11 is 11.6. The highest BCUT2D eigenvalue weighted by Crippen LogP contribution is 2.22. The first-order chi connectivity index (χ1) is 15.8. The molecule has 0 radical (unpaired) electrons. The van der Waals surface area contributed by atoms with Gasteiger partial charge in [-0.3, -0.25) is 9.36 Å². The number of aryl methyl sites for hydroxylation is 1. The van der Waals surface area contributed by atoms with Crippen LogP contribution >= 0.6 is 23.8 Å². The van der Waals surface area contributed by atoms with Gasteiger partial charge in [-0.15, -0.1) is 0 Å². The van der Waals surface area contributed by atoms with Crippen molar-refractivity contribution in [2.45, 2.75) is 26.9 Å². The molecule has 6 nitrogen and oxygen atoms in total. The number of anilines is 2. The predicted molar refractivity (Wildman–Crippen MR) is 130 cm³/mol. The van der Waals surface area contributed by atoms with Gasteiger partial charge in [-0.2, -0.15) is 10.2 Å². The van der Waals surface area contributed by atoms with Gasteiger partial charge in [-0.1, -0.05) is 29.8 Å². The van der Waals surface area contributed by atoms with Crippen LogP contribution in [-0.2, 0) is 13.1 Å². The highest BCUT2D eigenvalue weighted by atomic mass is 35.5. The van der Waals surface area contributed by atoms with Crippen LogP contribution in [0.15, 0.2) is 54.9 Å². The summed E-state index contributed by atoms with van der Waals surface area (Å²) in [4.78, 5) is 0. The summed E-state index contributed by atoms with van der Waals surface area (Å²) in [6.45, 7) is 4.76. The lowest BCUT2D eigenvalue weighted by molar-refractivity contribution is 0.622. The highest BCUT2D eigenvalue weighted by molar-refractivity contribution is 7.80. The number of nitrogens with zero attached hydrogens (tertiary/aromatic N) is 4. The molecule has 0 aliphatic heterocycles. The molecule has 170 valence electrons. The van der Waals surface area contributed by atoms with Gasteiger partial charge in [0.2, 0.25) is 0 Å². The summed E-state index contributed by atoms with van der Waals surface area (Å²) in [6.07, 6.45) is 3.43. The Bertz CT molecular complexity index is 1300. The van der Waals surface area contributed by atoms with Crippen molar-refractivity contribution in [1.29, 1.82) is 0 Å². The third kappa shape index (κ3) is 5.55. The molecule has 2 aromatic heterocycles. The minimum absolute atomic E-state index is 0.269. The van der Waals surface area contributed by atoms with Crippen molar-refractivity contribution in [3.63, 3.8) is 0 Å². The van der Waals surface area contributed by atoms with Gasteiger partial charge >= 0.3 is 0 Å². The van der Waals surface area contributed by atoms with Crippen LogP contribution in [-0.4, -0.2) is 24.7 Å². The van der Waals surface area contributed by atoms with Gasteiger partial charge in [-0.25, -0.2) is 8.78 Å². The maximum atomic E-state index is 13.2. The Morgan fingerprint density at radius 3 is 2.48 bits per heavy atom. The molecule has 0 spiro atoms. The SMILES string of the molecule is Cc1nn(Cc2ccc(F)cc2)c(C)c1NC(=S)Nc1cnn(Cc2ccc(F)cc2Cl)c1. The van der Waals surface area contributed by atoms with E-state index < -0.39 is 0 Å². The van der Waals surface area contributed by atoms with Gasteiger partial charge in [0.15, 0.2) is 5.11 Å². The van der Waals surface area contributed by atoms with Crippen molar-refractivity contribution < 1.29 is 8.78 Å². The number of halogens is 3. The predicted octanol–water partition coefficient (Wildman–Crippen LogP) is 5.53. The molecular weight excluding hydrogens is 466 g/mol. The molecule has 2 aromatic carbocycles. The van der Waals surface area contributed by atoms with Gasteiger partial charge in [0.05, 0.1) is 42.0 Å². The number of hydrogen-bond donors (Lipinski definition) is 2. The van der Waals surface area contributed by atoms with Gasteiger partial charge in [0.25, 0.3) is 0 Å². The van der Waals surface area contributed by atoms with Crippen LogP contribution < -0.4 is 10.6 Å². The van der Waals surface area contributed by atoms with E-state index in [9.17, 15) is 8.78 Å². The van der Waals surface area contributed by atoms with E-state index >= 15 is 0 Å². The normalized spacial score (nSPS) is 10.9. The van der Waals surface area contributed by atoms with E-state index in [1.807, 2.05) is 18.5 Å². The number of hydrogen-bond acceptors (Lipinski definition) is 3. The maximum Gasteiger partial charge on any atom is 0.175 e. The Morgan fingerprint density at radius 1 is 1.03 bits per heavy atom. The highest BCUT2D eigenvalue weighted by Gasteiger charge is 2.14. The van der Waals surface area contributed by atoms with Crippen molar-refractivity contribution >= 4 is 40.3 Å². The Kier molecular flexibility index (Phi) is 6.71. The van der Waals surface area contributed by atoms with Crippen LogP contribution in [0.5, 0.6) is 0 Å². The van der Waals surface area contributed by atoms with Crippen LogP contribution in [0.25, 0.3) is 0 Å². The minimum atomic E-state index is -0.380. The third-order valence-electron chi connectivity index (χ3n) is 5.10. The molecule has 0 atom stereocenters. The molecule has 4 aromatic rings. The lowest BCUT2D eigenvalue weighted by atomic mass is 10.2. The van der Waals surface area contributed by atoms with Crippen molar-refractivity contribution in [3.05, 3.63) is 94.0 Å². The molecule has 2 N–H and O–H groups in total. The number of benzene rings is 2. The molecule has 0 aliphatic rings. The molecule has 33 heavy (non-hydrogen) atoms. The fourth-order valence-corrected chi connectivity index (χ4v) is 3.86. The fourth-order valence-electron chi connectivity index (χ4n) is 3.41. The second-order valence-electron chi connectivity index (χ2n) is 7.57. The van der Waals surface area contributed by atoms with Crippen molar-refractivity contribution in [1.82, 2.24) is 19.6 Å². The molecule has 4 rings (SSSR count). The van der Waals surface area contributed by atoms with Crippen LogP contribution in [0.2, 0.25) is 5.02 Å². The second kappa shape index (κ2) is 9.68. The molecule has 0 fully saturated rings. The van der Waals surface area contributed by atoms with Crippen LogP contribution in [0.3, 0.4) is 0 Å². The zero-order chi connectivity index (χ0) is 23.5. The van der Waals surface area contributed by atoms with Gasteiger partial charge in [-0.05, 0) is 61.5 Å². The van der Waals surface area contributed by atoms with Gasteiger partial charge in [0.1, 0.15) is 11.6 Å². The summed E-state index contributed by atoms with van der Waals surface area (Å²) in [5.41, 5.74) is 4.90. The summed E-state index contributed by atoms with van der Waals surface area (Å²) in [5, 5.41) is 15.9. The average molecular weight is 487 g/mol. The first-order valence-electron chi connectivity index (χ1n) is 10.1. The average Bonchev–Trinajstić information content (AvgIpc) is 3.31. The molecule has 0 amide bonds. The van der Waals surface area contributed by atoms with E-state index in [1.165, 1.54) is 24.3 Å². The lowest BCUT2D eigenvalue weighted by Crippen LogP contribution is -2.19. The van der Waals surface area contributed by atoms with E-state index in [0.717, 1.165) is 28.2 Å². The minimum Gasteiger partial charge on any atom is -0.330 e. The summed E-state index contributed by atoms with van der Waals surface area (Å²) in [7, 11) is 0. The fraction of sp³-hybridized carbons (Fsp3) is 0.174. The number of rotatable bonds is 6. The Balaban J connectivity index is 1.40. The molecule has 0 saturated carbocycles. The molecular formula is C23H21ClF2N6S. The standard InChI is InChI=1S/C23H21ClF2N6S/c1-14-22(15(2)32(30-14)11-16-3-6-18(25)7-4-16)29-23(33)28-20-10-27-31(13-20)12-17-5-8-19(26)9-21(17)24/h3-10,13H,11-12H2,1-2H3,(H2,28,29,33). The maximum absolute atomic E-state index is 13.2. The van der Waals surface area contributed by atoms with E-state index in [1.54, 1.807) is 35.3 Å². The molecule has 0 saturated heterocycles. The van der Waals surface area contributed by atoms with E-state index in [4.69, 9.17) is 23.8 Å². The van der Waals surface area contributed by atoms with Crippen LogP contribution in [0.1, 0.15) is 22.5 Å². The first kappa shape index (κ1) is 22.9. The number of thiocarbonyl (C=S) groups is 1. The van der Waals surface area contributed by atoms with Crippen molar-refractivity contribution in [3.8, 4) is 0 Å². The summed E-state index contributed by atoms with van der Waals surface area (Å²) < 4.78 is 29.9. The Hall–Kier alpha value is -3.30. The smallest absolute Gasteiger partial charge is 0.175 e. The van der Waals surface area contributed by atoms with E-state index in [-0.39, 0.29) is 11.6 Å².